The largest absolute Gasteiger partial charge is 0.491 e. The first-order valence-electron chi connectivity index (χ1n) is 7.35. The fraction of sp³-hybridized carbons (Fsp3) is 0.625. The molecule has 1 rings (SSSR count). The molecule has 1 aromatic carbocycles. The molecular weight excluding hydrogens is 236 g/mol. The minimum absolute atomic E-state index is 0.456. The molecule has 0 spiro atoms. The Labute approximate surface area is 117 Å². The van der Waals surface area contributed by atoms with Crippen LogP contribution in [0, 0.1) is 5.92 Å². The number of rotatable bonds is 8. The fourth-order valence-corrected chi connectivity index (χ4v) is 2.07. The first-order valence-corrected chi connectivity index (χ1v) is 7.35. The standard InChI is InChI=1S/C16H28N2O/c1-5-9-19-16-11-14(7-8-15(16)17)18-13(4)10-12(3)6-2/h7-8,11-13,18H,5-6,9-10,17H2,1-4H3. The summed E-state index contributed by atoms with van der Waals surface area (Å²) in [6, 6.07) is 6.38. The van der Waals surface area contributed by atoms with Gasteiger partial charge < -0.3 is 15.8 Å². The van der Waals surface area contributed by atoms with Crippen molar-refractivity contribution in [3.05, 3.63) is 18.2 Å². The molecular formula is C16H28N2O. The maximum atomic E-state index is 5.91. The Morgan fingerprint density at radius 2 is 2.00 bits per heavy atom. The van der Waals surface area contributed by atoms with Crippen molar-refractivity contribution in [1.82, 2.24) is 0 Å². The highest BCUT2D eigenvalue weighted by atomic mass is 16.5. The maximum absolute atomic E-state index is 5.91. The Balaban J connectivity index is 2.62. The Bertz CT molecular complexity index is 379. The van der Waals surface area contributed by atoms with Crippen LogP contribution in [0.5, 0.6) is 5.75 Å². The average Bonchev–Trinajstić information content (AvgIpc) is 2.39. The number of nitrogen functional groups attached to an aromatic ring is 1. The van der Waals surface area contributed by atoms with E-state index < -0.39 is 0 Å². The van der Waals surface area contributed by atoms with E-state index in [9.17, 15) is 0 Å². The van der Waals surface area contributed by atoms with Gasteiger partial charge in [0.2, 0.25) is 0 Å². The maximum Gasteiger partial charge on any atom is 0.144 e. The first-order chi connectivity index (χ1) is 9.06. The molecule has 0 saturated heterocycles. The lowest BCUT2D eigenvalue weighted by Crippen LogP contribution is -2.18. The second kappa shape index (κ2) is 7.93. The van der Waals surface area contributed by atoms with Crippen LogP contribution in [0.1, 0.15) is 47.0 Å². The van der Waals surface area contributed by atoms with Gasteiger partial charge in [0.05, 0.1) is 12.3 Å². The van der Waals surface area contributed by atoms with Crippen LogP contribution in [0.15, 0.2) is 18.2 Å². The van der Waals surface area contributed by atoms with Gasteiger partial charge in [0.25, 0.3) is 0 Å². The first kappa shape index (κ1) is 15.7. The summed E-state index contributed by atoms with van der Waals surface area (Å²) in [5.41, 5.74) is 7.69. The Morgan fingerprint density at radius 1 is 1.26 bits per heavy atom. The number of anilines is 2. The minimum atomic E-state index is 0.456. The zero-order valence-corrected chi connectivity index (χ0v) is 12.7. The third kappa shape index (κ3) is 5.41. The molecule has 108 valence electrons. The van der Waals surface area contributed by atoms with E-state index in [1.54, 1.807) is 0 Å². The number of hydrogen-bond acceptors (Lipinski definition) is 3. The number of benzene rings is 1. The van der Waals surface area contributed by atoms with Gasteiger partial charge in [-0.1, -0.05) is 27.2 Å². The average molecular weight is 264 g/mol. The Hall–Kier alpha value is -1.38. The summed E-state index contributed by atoms with van der Waals surface area (Å²) in [4.78, 5) is 0. The molecule has 0 bridgehead atoms. The molecule has 0 aliphatic heterocycles. The zero-order chi connectivity index (χ0) is 14.3. The van der Waals surface area contributed by atoms with E-state index in [2.05, 4.69) is 33.0 Å². The number of nitrogens with two attached hydrogens (primary N) is 1. The number of nitrogens with one attached hydrogen (secondary N) is 1. The molecule has 1 aromatic rings. The SMILES string of the molecule is CCCOc1cc(NC(C)CC(C)CC)ccc1N. The summed E-state index contributed by atoms with van der Waals surface area (Å²) in [6.07, 6.45) is 3.38. The smallest absolute Gasteiger partial charge is 0.144 e. The summed E-state index contributed by atoms with van der Waals surface area (Å²) in [5, 5.41) is 3.52. The predicted molar refractivity (Wildman–Crippen MR) is 83.8 cm³/mol. The van der Waals surface area contributed by atoms with Crippen LogP contribution in [0.3, 0.4) is 0 Å². The molecule has 3 nitrogen and oxygen atoms in total. The third-order valence-electron chi connectivity index (χ3n) is 3.34. The van der Waals surface area contributed by atoms with Gasteiger partial charge in [-0.25, -0.2) is 0 Å². The molecule has 0 aromatic heterocycles. The van der Waals surface area contributed by atoms with Crippen molar-refractivity contribution in [3.63, 3.8) is 0 Å². The summed E-state index contributed by atoms with van der Waals surface area (Å²) >= 11 is 0. The molecule has 0 aliphatic rings. The lowest BCUT2D eigenvalue weighted by Gasteiger charge is -2.19. The van der Waals surface area contributed by atoms with E-state index in [0.29, 0.717) is 18.3 Å². The summed E-state index contributed by atoms with van der Waals surface area (Å²) in [7, 11) is 0. The van der Waals surface area contributed by atoms with Crippen molar-refractivity contribution in [2.24, 2.45) is 5.92 Å². The number of hydrogen-bond donors (Lipinski definition) is 2. The van der Waals surface area contributed by atoms with E-state index in [0.717, 1.165) is 23.8 Å². The van der Waals surface area contributed by atoms with E-state index in [1.807, 2.05) is 18.2 Å². The van der Waals surface area contributed by atoms with Crippen molar-refractivity contribution in [2.45, 2.75) is 53.0 Å². The monoisotopic (exact) mass is 264 g/mol. The van der Waals surface area contributed by atoms with Crippen molar-refractivity contribution in [2.75, 3.05) is 17.7 Å². The van der Waals surface area contributed by atoms with Crippen LogP contribution < -0.4 is 15.8 Å². The van der Waals surface area contributed by atoms with Crippen LogP contribution >= 0.6 is 0 Å². The highest BCUT2D eigenvalue weighted by Crippen LogP contribution is 2.26. The molecule has 3 heteroatoms. The highest BCUT2D eigenvalue weighted by molar-refractivity contribution is 5.61. The summed E-state index contributed by atoms with van der Waals surface area (Å²) in [6.45, 7) is 9.53. The van der Waals surface area contributed by atoms with Crippen LogP contribution in [-0.2, 0) is 0 Å². The van der Waals surface area contributed by atoms with Gasteiger partial charge in [-0.05, 0) is 37.8 Å². The van der Waals surface area contributed by atoms with Gasteiger partial charge in [-0.3, -0.25) is 0 Å². The Kier molecular flexibility index (Phi) is 6.54. The van der Waals surface area contributed by atoms with Crippen LogP contribution in [-0.4, -0.2) is 12.6 Å². The van der Waals surface area contributed by atoms with E-state index in [1.165, 1.54) is 12.8 Å². The summed E-state index contributed by atoms with van der Waals surface area (Å²) < 4.78 is 5.65. The highest BCUT2D eigenvalue weighted by Gasteiger charge is 2.08. The summed E-state index contributed by atoms with van der Waals surface area (Å²) in [5.74, 6) is 1.52. The predicted octanol–water partition coefficient (Wildman–Crippen LogP) is 4.29. The van der Waals surface area contributed by atoms with Crippen LogP contribution in [0.4, 0.5) is 11.4 Å². The molecule has 0 amide bonds. The van der Waals surface area contributed by atoms with Crippen molar-refractivity contribution in [3.8, 4) is 5.75 Å². The lowest BCUT2D eigenvalue weighted by molar-refractivity contribution is 0.319. The fourth-order valence-electron chi connectivity index (χ4n) is 2.07. The normalized spacial score (nSPS) is 13.9. The van der Waals surface area contributed by atoms with E-state index in [-0.39, 0.29) is 0 Å². The van der Waals surface area contributed by atoms with Gasteiger partial charge >= 0.3 is 0 Å². The zero-order valence-electron chi connectivity index (χ0n) is 12.7. The molecule has 2 unspecified atom stereocenters. The third-order valence-corrected chi connectivity index (χ3v) is 3.34. The van der Waals surface area contributed by atoms with E-state index in [4.69, 9.17) is 10.5 Å². The molecule has 0 aliphatic carbocycles. The second-order valence-corrected chi connectivity index (χ2v) is 5.40. The van der Waals surface area contributed by atoms with Gasteiger partial charge in [0, 0.05) is 17.8 Å². The van der Waals surface area contributed by atoms with Gasteiger partial charge in [0.1, 0.15) is 5.75 Å². The molecule has 3 N–H and O–H groups in total. The van der Waals surface area contributed by atoms with Crippen molar-refractivity contribution >= 4 is 11.4 Å². The molecule has 0 saturated carbocycles. The molecule has 0 radical (unpaired) electrons. The molecule has 19 heavy (non-hydrogen) atoms. The molecule has 0 fully saturated rings. The quantitative estimate of drug-likeness (QED) is 0.688. The Morgan fingerprint density at radius 3 is 2.63 bits per heavy atom. The topological polar surface area (TPSA) is 47.3 Å². The van der Waals surface area contributed by atoms with E-state index >= 15 is 0 Å². The van der Waals surface area contributed by atoms with Crippen LogP contribution in [0.25, 0.3) is 0 Å². The van der Waals surface area contributed by atoms with Crippen molar-refractivity contribution < 1.29 is 4.74 Å². The lowest BCUT2D eigenvalue weighted by atomic mass is 10.0. The van der Waals surface area contributed by atoms with Crippen LogP contribution in [0.2, 0.25) is 0 Å². The molecule has 0 heterocycles. The second-order valence-electron chi connectivity index (χ2n) is 5.40. The minimum Gasteiger partial charge on any atom is -0.491 e. The van der Waals surface area contributed by atoms with Gasteiger partial charge in [-0.15, -0.1) is 0 Å². The molecule has 2 atom stereocenters. The van der Waals surface area contributed by atoms with Gasteiger partial charge in [-0.2, -0.15) is 0 Å². The van der Waals surface area contributed by atoms with Crippen molar-refractivity contribution in [1.29, 1.82) is 0 Å². The van der Waals surface area contributed by atoms with Gasteiger partial charge in [0.15, 0.2) is 0 Å². The number of ether oxygens (including phenoxy) is 1.